The molecule has 2 N–H and O–H groups in total. The van der Waals surface area contributed by atoms with E-state index in [1.54, 1.807) is 77.1 Å². The van der Waals surface area contributed by atoms with Crippen molar-refractivity contribution in [2.24, 2.45) is 0 Å². The number of fused-ring (bicyclic) bond motifs is 1. The average molecular weight is 476 g/mol. The molecule has 2 aromatic rings. The lowest BCUT2D eigenvalue weighted by molar-refractivity contribution is -0.153. The summed E-state index contributed by atoms with van der Waals surface area (Å²) in [5.41, 5.74) is 0.490. The van der Waals surface area contributed by atoms with Gasteiger partial charge in [0.1, 0.15) is 23.1 Å². The maximum absolute atomic E-state index is 13.1. The summed E-state index contributed by atoms with van der Waals surface area (Å²) in [6.45, 7) is 10.8. The largest absolute Gasteiger partial charge is 0.485 e. The first kappa shape index (κ1) is 25.2. The topological polar surface area (TPSA) is 102 Å². The first-order chi connectivity index (χ1) is 15.2. The Morgan fingerprint density at radius 3 is 2.30 bits per heavy atom. The van der Waals surface area contributed by atoms with Crippen molar-refractivity contribution in [3.05, 3.63) is 59.2 Å². The van der Waals surface area contributed by atoms with Gasteiger partial charge in [-0.2, -0.15) is 0 Å². The Hall–Kier alpha value is -2.42. The van der Waals surface area contributed by atoms with Crippen molar-refractivity contribution in [2.45, 2.75) is 82.6 Å². The molecule has 180 valence electrons. The van der Waals surface area contributed by atoms with E-state index in [0.717, 1.165) is 12.0 Å². The summed E-state index contributed by atoms with van der Waals surface area (Å²) < 4.78 is 40.3. The van der Waals surface area contributed by atoms with E-state index >= 15 is 0 Å². The quantitative estimate of drug-likeness (QED) is 0.618. The van der Waals surface area contributed by atoms with E-state index < -0.39 is 39.3 Å². The smallest absolute Gasteiger partial charge is 0.310 e. The number of aliphatic hydroxyl groups excluding tert-OH is 1. The second kappa shape index (κ2) is 9.08. The third-order valence-corrected chi connectivity index (χ3v) is 6.96. The van der Waals surface area contributed by atoms with Gasteiger partial charge in [0.2, 0.25) is 10.0 Å². The van der Waals surface area contributed by atoms with Gasteiger partial charge in [-0.05, 0) is 76.4 Å². The minimum atomic E-state index is -3.93. The molecule has 2 aromatic carbocycles. The van der Waals surface area contributed by atoms with Crippen LogP contribution in [0.15, 0.2) is 47.4 Å². The van der Waals surface area contributed by atoms with Gasteiger partial charge in [-0.3, -0.25) is 4.79 Å². The summed E-state index contributed by atoms with van der Waals surface area (Å²) in [7, 11) is -3.93. The first-order valence-electron chi connectivity index (χ1n) is 11.0. The summed E-state index contributed by atoms with van der Waals surface area (Å²) >= 11 is 0. The van der Waals surface area contributed by atoms with Crippen molar-refractivity contribution in [3.8, 4) is 5.75 Å². The van der Waals surface area contributed by atoms with E-state index in [4.69, 9.17) is 9.47 Å². The number of carbonyl (C=O) groups is 1. The van der Waals surface area contributed by atoms with Gasteiger partial charge >= 0.3 is 5.97 Å². The number of hydrogen-bond acceptors (Lipinski definition) is 6. The number of carbonyl (C=O) groups excluding carboxylic acids is 1. The number of nitrogens with one attached hydrogen (secondary N) is 1. The zero-order valence-corrected chi connectivity index (χ0v) is 20.8. The molecule has 0 unspecified atom stereocenters. The monoisotopic (exact) mass is 475 g/mol. The number of aryl methyl sites for hydroxylation is 1. The molecular formula is C25H33NO6S. The van der Waals surface area contributed by atoms with E-state index in [2.05, 4.69) is 4.72 Å². The van der Waals surface area contributed by atoms with Gasteiger partial charge in [0.05, 0.1) is 17.4 Å². The Labute approximate surface area is 196 Å². The van der Waals surface area contributed by atoms with Crippen LogP contribution in [0.25, 0.3) is 0 Å². The van der Waals surface area contributed by atoms with Crippen LogP contribution in [-0.2, 0) is 32.4 Å². The number of hydrogen-bond donors (Lipinski definition) is 2. The molecule has 0 aliphatic carbocycles. The molecule has 0 aromatic heterocycles. The predicted molar refractivity (Wildman–Crippen MR) is 126 cm³/mol. The molecule has 1 aliphatic heterocycles. The Bertz CT molecular complexity index is 1120. The average Bonchev–Trinajstić information content (AvgIpc) is 2.70. The van der Waals surface area contributed by atoms with Crippen LogP contribution in [0, 0.1) is 0 Å². The molecule has 0 bridgehead atoms. The Morgan fingerprint density at radius 1 is 1.12 bits per heavy atom. The third kappa shape index (κ3) is 5.93. The Balaban J connectivity index is 1.95. The summed E-state index contributed by atoms with van der Waals surface area (Å²) in [6, 6.07) is 10.8. The van der Waals surface area contributed by atoms with Gasteiger partial charge in [-0.1, -0.05) is 25.1 Å². The van der Waals surface area contributed by atoms with Gasteiger partial charge in [-0.15, -0.1) is 0 Å². The second-order valence-corrected chi connectivity index (χ2v) is 11.6. The highest BCUT2D eigenvalue weighted by Crippen LogP contribution is 2.41. The highest BCUT2D eigenvalue weighted by Gasteiger charge is 2.44. The molecule has 0 amide bonds. The lowest BCUT2D eigenvalue weighted by Gasteiger charge is -2.42. The molecule has 7 nitrogen and oxygen atoms in total. The summed E-state index contributed by atoms with van der Waals surface area (Å²) in [6.07, 6.45) is -0.345. The molecule has 1 aliphatic rings. The fourth-order valence-electron chi connectivity index (χ4n) is 3.77. The number of sulfonamides is 1. The summed E-state index contributed by atoms with van der Waals surface area (Å²) in [5, 5.41) is 11.0. The lowest BCUT2D eigenvalue weighted by atomic mass is 9.86. The standard InChI is InChI=1S/C25H33NO6S/c1-7-16-8-11-18(12-9-16)33(29,30)26-22-19-14-17(15-21(27)32-24(2,3)4)10-13-20(19)31-25(5,6)23(22)28/h8-14,22-23,26,28H,7,15H2,1-6H3/t22-,23+/m1/s1. The van der Waals surface area contributed by atoms with Crippen molar-refractivity contribution >= 4 is 16.0 Å². The molecule has 3 rings (SSSR count). The van der Waals surface area contributed by atoms with Gasteiger partial charge < -0.3 is 14.6 Å². The van der Waals surface area contributed by atoms with Crippen molar-refractivity contribution in [1.29, 1.82) is 0 Å². The van der Waals surface area contributed by atoms with Crippen LogP contribution in [0.3, 0.4) is 0 Å². The third-order valence-electron chi connectivity index (χ3n) is 5.50. The molecule has 0 saturated carbocycles. The van der Waals surface area contributed by atoms with E-state index in [9.17, 15) is 18.3 Å². The van der Waals surface area contributed by atoms with Crippen LogP contribution in [-0.4, -0.2) is 36.8 Å². The normalized spacial score (nSPS) is 20.0. The minimum absolute atomic E-state index is 0.0159. The fourth-order valence-corrected chi connectivity index (χ4v) is 4.99. The number of aliphatic hydroxyl groups is 1. The molecule has 0 saturated heterocycles. The summed E-state index contributed by atoms with van der Waals surface area (Å²) in [4.78, 5) is 12.4. The maximum Gasteiger partial charge on any atom is 0.310 e. The zero-order valence-electron chi connectivity index (χ0n) is 20.0. The van der Waals surface area contributed by atoms with Gasteiger partial charge in [0.25, 0.3) is 0 Å². The highest BCUT2D eigenvalue weighted by atomic mass is 32.2. The highest BCUT2D eigenvalue weighted by molar-refractivity contribution is 7.89. The number of esters is 1. The predicted octanol–water partition coefficient (Wildman–Crippen LogP) is 3.68. The Kier molecular flexibility index (Phi) is 6.94. The molecule has 0 fully saturated rings. The number of ether oxygens (including phenoxy) is 2. The first-order valence-corrected chi connectivity index (χ1v) is 12.5. The van der Waals surface area contributed by atoms with Crippen LogP contribution in [0.2, 0.25) is 0 Å². The SMILES string of the molecule is CCc1ccc(S(=O)(=O)N[C@@H]2c3cc(CC(=O)OC(C)(C)C)ccc3OC(C)(C)[C@H]2O)cc1. The Morgan fingerprint density at radius 2 is 1.73 bits per heavy atom. The van der Waals surface area contributed by atoms with Gasteiger partial charge in [0, 0.05) is 5.56 Å². The van der Waals surface area contributed by atoms with Crippen molar-refractivity contribution in [3.63, 3.8) is 0 Å². The molecule has 2 atom stereocenters. The lowest BCUT2D eigenvalue weighted by Crippen LogP contribution is -2.53. The van der Waals surface area contributed by atoms with Crippen LogP contribution in [0.1, 0.15) is 64.3 Å². The number of rotatable bonds is 6. The van der Waals surface area contributed by atoms with E-state index in [0.29, 0.717) is 16.9 Å². The van der Waals surface area contributed by atoms with Crippen LogP contribution >= 0.6 is 0 Å². The molecule has 8 heteroatoms. The van der Waals surface area contributed by atoms with E-state index in [1.807, 2.05) is 6.92 Å². The van der Waals surface area contributed by atoms with Crippen LogP contribution in [0.5, 0.6) is 5.75 Å². The van der Waals surface area contributed by atoms with Crippen molar-refractivity contribution in [2.75, 3.05) is 0 Å². The van der Waals surface area contributed by atoms with Crippen molar-refractivity contribution in [1.82, 2.24) is 4.72 Å². The molecular weight excluding hydrogens is 442 g/mol. The van der Waals surface area contributed by atoms with Crippen LogP contribution in [0.4, 0.5) is 0 Å². The van der Waals surface area contributed by atoms with Gasteiger partial charge in [-0.25, -0.2) is 13.1 Å². The molecule has 1 heterocycles. The van der Waals surface area contributed by atoms with E-state index in [-0.39, 0.29) is 11.3 Å². The minimum Gasteiger partial charge on any atom is -0.485 e. The molecule has 0 spiro atoms. The zero-order chi connectivity index (χ0) is 24.6. The van der Waals surface area contributed by atoms with Gasteiger partial charge in [0.15, 0.2) is 0 Å². The fraction of sp³-hybridized carbons (Fsp3) is 0.480. The summed E-state index contributed by atoms with van der Waals surface area (Å²) in [5.74, 6) is 0.0560. The second-order valence-electron chi connectivity index (χ2n) is 9.88. The molecule has 33 heavy (non-hydrogen) atoms. The van der Waals surface area contributed by atoms with Crippen LogP contribution < -0.4 is 9.46 Å². The molecule has 0 radical (unpaired) electrons. The van der Waals surface area contributed by atoms with Crippen molar-refractivity contribution < 1.29 is 27.8 Å². The number of benzene rings is 2. The maximum atomic E-state index is 13.1. The van der Waals surface area contributed by atoms with E-state index in [1.165, 1.54) is 0 Å².